The molecule has 0 spiro atoms. The van der Waals surface area contributed by atoms with Crippen LogP contribution in [0, 0.1) is 11.3 Å². The minimum Gasteiger partial charge on any atom is -0.481 e. The number of hydrogen-bond donors (Lipinski definition) is 2. The highest BCUT2D eigenvalue weighted by molar-refractivity contribution is 5.34. The van der Waals surface area contributed by atoms with Crippen LogP contribution in [0.25, 0.3) is 0 Å². The molecule has 4 atom stereocenters. The molecule has 0 aromatic carbocycles. The predicted octanol–water partition coefficient (Wildman–Crippen LogP) is 4.41. The smallest absolute Gasteiger partial charge is 0.281 e. The molecule has 3 aliphatic rings. The summed E-state index contributed by atoms with van der Waals surface area (Å²) in [6.07, 6.45) is 6.47. The summed E-state index contributed by atoms with van der Waals surface area (Å²) in [5, 5.41) is 21.1. The molecule has 0 aromatic heterocycles. The van der Waals surface area contributed by atoms with Gasteiger partial charge < -0.3 is 19.7 Å². The van der Waals surface area contributed by atoms with Crippen LogP contribution in [0.4, 0.5) is 0 Å². The maximum atomic E-state index is 10.7. The van der Waals surface area contributed by atoms with E-state index in [4.69, 9.17) is 9.47 Å². The van der Waals surface area contributed by atoms with Crippen LogP contribution < -0.4 is 0 Å². The molecule has 1 saturated carbocycles. The second-order valence-corrected chi connectivity index (χ2v) is 8.68. The third-order valence-electron chi connectivity index (χ3n) is 6.57. The minimum absolute atomic E-state index is 0.135. The zero-order valence-electron chi connectivity index (χ0n) is 16.0. The van der Waals surface area contributed by atoms with Crippen molar-refractivity contribution in [2.75, 3.05) is 7.11 Å². The standard InChI is InChI=1S/C21H32O4/c1-13-6-7-16(22)18(19(23)24-5)17-12-15-14(20(2,3)25-17)9-11-21(15,4)10-8-13/h12,14,16-17,22-23H,1,6-11H2,2-5H3/b19-18+/t14-,16?,17?,21-/m1/s1. The minimum atomic E-state index is -0.809. The van der Waals surface area contributed by atoms with Gasteiger partial charge in [-0.3, -0.25) is 0 Å². The van der Waals surface area contributed by atoms with Gasteiger partial charge in [0.25, 0.3) is 5.95 Å². The molecule has 4 nitrogen and oxygen atoms in total. The maximum absolute atomic E-state index is 10.7. The highest BCUT2D eigenvalue weighted by Gasteiger charge is 2.51. The van der Waals surface area contributed by atoms with Crippen molar-refractivity contribution in [1.29, 1.82) is 0 Å². The molecule has 0 aromatic rings. The molecular formula is C21H32O4. The number of ether oxygens (including phenoxy) is 2. The number of aliphatic hydroxyl groups excluding tert-OH is 2. The first-order chi connectivity index (χ1) is 11.7. The van der Waals surface area contributed by atoms with Crippen molar-refractivity contribution in [3.63, 3.8) is 0 Å². The predicted molar refractivity (Wildman–Crippen MR) is 98.1 cm³/mol. The molecular weight excluding hydrogens is 316 g/mol. The third-order valence-corrected chi connectivity index (χ3v) is 6.57. The Balaban J connectivity index is 2.13. The van der Waals surface area contributed by atoms with Crippen LogP contribution in [0.1, 0.15) is 59.3 Å². The lowest BCUT2D eigenvalue weighted by Crippen LogP contribution is -2.44. The molecule has 3 rings (SSSR count). The highest BCUT2D eigenvalue weighted by Crippen LogP contribution is 2.56. The third kappa shape index (κ3) is 3.26. The number of methoxy groups -OCH3 is 1. The summed E-state index contributed by atoms with van der Waals surface area (Å²) < 4.78 is 11.5. The van der Waals surface area contributed by atoms with Crippen molar-refractivity contribution in [2.45, 2.75) is 77.1 Å². The van der Waals surface area contributed by atoms with E-state index in [1.54, 1.807) is 0 Å². The Bertz CT molecular complexity index is 615. The lowest BCUT2D eigenvalue weighted by atomic mass is 9.72. The second-order valence-electron chi connectivity index (χ2n) is 8.68. The van der Waals surface area contributed by atoms with Crippen molar-refractivity contribution < 1.29 is 19.7 Å². The van der Waals surface area contributed by atoms with Crippen LogP contribution in [0.15, 0.2) is 35.3 Å². The van der Waals surface area contributed by atoms with Gasteiger partial charge in [-0.2, -0.15) is 0 Å². The molecule has 4 heteroatoms. The summed E-state index contributed by atoms with van der Waals surface area (Å²) >= 11 is 0. The molecule has 140 valence electrons. The van der Waals surface area contributed by atoms with E-state index in [-0.39, 0.29) is 17.0 Å². The van der Waals surface area contributed by atoms with E-state index in [9.17, 15) is 10.2 Å². The molecule has 2 N–H and O–H groups in total. The van der Waals surface area contributed by atoms with Gasteiger partial charge in [-0.25, -0.2) is 0 Å². The van der Waals surface area contributed by atoms with Gasteiger partial charge in [-0.15, -0.1) is 0 Å². The second kappa shape index (κ2) is 6.48. The van der Waals surface area contributed by atoms with E-state index in [0.29, 0.717) is 17.9 Å². The average molecular weight is 348 g/mol. The topological polar surface area (TPSA) is 58.9 Å². The summed E-state index contributed by atoms with van der Waals surface area (Å²) in [6.45, 7) is 10.8. The lowest BCUT2D eigenvalue weighted by molar-refractivity contribution is -0.0863. The average Bonchev–Trinajstić information content (AvgIpc) is 2.88. The quantitative estimate of drug-likeness (QED) is 0.544. The first-order valence-electron chi connectivity index (χ1n) is 9.39. The van der Waals surface area contributed by atoms with Crippen LogP contribution >= 0.6 is 0 Å². The van der Waals surface area contributed by atoms with E-state index >= 15 is 0 Å². The Labute approximate surface area is 151 Å². The van der Waals surface area contributed by atoms with Crippen LogP contribution in [-0.2, 0) is 9.47 Å². The van der Waals surface area contributed by atoms with Gasteiger partial charge in [-0.1, -0.05) is 30.7 Å². The van der Waals surface area contributed by atoms with Crippen LogP contribution in [-0.4, -0.2) is 35.1 Å². The molecule has 2 unspecified atom stereocenters. The van der Waals surface area contributed by atoms with Crippen molar-refractivity contribution in [3.05, 3.63) is 35.3 Å². The zero-order chi connectivity index (χ0) is 18.4. The van der Waals surface area contributed by atoms with Crippen LogP contribution in [0.3, 0.4) is 0 Å². The first-order valence-corrected chi connectivity index (χ1v) is 9.39. The normalized spacial score (nSPS) is 40.1. The molecule has 1 heterocycles. The van der Waals surface area contributed by atoms with Gasteiger partial charge in [0.1, 0.15) is 6.10 Å². The maximum Gasteiger partial charge on any atom is 0.281 e. The Morgan fingerprint density at radius 1 is 1.24 bits per heavy atom. The zero-order valence-corrected chi connectivity index (χ0v) is 16.0. The summed E-state index contributed by atoms with van der Waals surface area (Å²) in [7, 11) is 1.42. The van der Waals surface area contributed by atoms with Gasteiger partial charge >= 0.3 is 0 Å². The van der Waals surface area contributed by atoms with E-state index in [1.165, 1.54) is 12.7 Å². The monoisotopic (exact) mass is 348 g/mol. The fraction of sp³-hybridized carbons (Fsp3) is 0.714. The Hall–Kier alpha value is -1.26. The summed E-state index contributed by atoms with van der Waals surface area (Å²) in [5.74, 6) is 0.152. The van der Waals surface area contributed by atoms with Gasteiger partial charge in [0.15, 0.2) is 0 Å². The molecule has 0 amide bonds. The van der Waals surface area contributed by atoms with E-state index < -0.39 is 12.2 Å². The summed E-state index contributed by atoms with van der Waals surface area (Å²) in [5.41, 5.74) is 2.81. The molecule has 1 aliphatic heterocycles. The number of fused-ring (bicyclic) bond motifs is 1. The van der Waals surface area contributed by atoms with E-state index in [2.05, 4.69) is 33.4 Å². The molecule has 25 heavy (non-hydrogen) atoms. The van der Waals surface area contributed by atoms with Gasteiger partial charge in [0, 0.05) is 5.92 Å². The Morgan fingerprint density at radius 3 is 2.64 bits per heavy atom. The lowest BCUT2D eigenvalue weighted by Gasteiger charge is -2.43. The van der Waals surface area contributed by atoms with Crippen LogP contribution in [0.5, 0.6) is 0 Å². The molecule has 2 aliphatic carbocycles. The van der Waals surface area contributed by atoms with Gasteiger partial charge in [0.05, 0.1) is 24.4 Å². The highest BCUT2D eigenvalue weighted by atomic mass is 16.6. The largest absolute Gasteiger partial charge is 0.481 e. The van der Waals surface area contributed by atoms with Gasteiger partial charge in [-0.05, 0) is 57.8 Å². The molecule has 2 bridgehead atoms. The molecule has 0 saturated heterocycles. The van der Waals surface area contributed by atoms with Crippen molar-refractivity contribution in [2.24, 2.45) is 11.3 Å². The van der Waals surface area contributed by atoms with E-state index in [1.807, 2.05) is 0 Å². The summed E-state index contributed by atoms with van der Waals surface area (Å²) in [6, 6.07) is 0. The molecule has 1 fully saturated rings. The Morgan fingerprint density at radius 2 is 1.96 bits per heavy atom. The van der Waals surface area contributed by atoms with Crippen molar-refractivity contribution >= 4 is 0 Å². The van der Waals surface area contributed by atoms with Crippen molar-refractivity contribution in [3.8, 4) is 0 Å². The number of rotatable bonds is 1. The number of allylic oxidation sites excluding steroid dienone is 1. The Kier molecular flexibility index (Phi) is 4.80. The van der Waals surface area contributed by atoms with Gasteiger partial charge in [0.2, 0.25) is 0 Å². The number of hydrogen-bond acceptors (Lipinski definition) is 4. The van der Waals surface area contributed by atoms with E-state index in [0.717, 1.165) is 37.7 Å². The molecule has 0 radical (unpaired) electrons. The fourth-order valence-electron chi connectivity index (χ4n) is 4.90. The van der Waals surface area contributed by atoms with Crippen molar-refractivity contribution in [1.82, 2.24) is 0 Å². The SMILES string of the molecule is C=C1CCC(O)/C(=C(/O)OC)C2C=C3[C@@H](CC[C@@]3(C)CC1)C(C)(C)O2. The number of aliphatic hydroxyl groups is 2. The first kappa shape index (κ1) is 18.5. The summed E-state index contributed by atoms with van der Waals surface area (Å²) in [4.78, 5) is 0. The fourth-order valence-corrected chi connectivity index (χ4v) is 4.90. The van der Waals surface area contributed by atoms with Crippen LogP contribution in [0.2, 0.25) is 0 Å².